The van der Waals surface area contributed by atoms with Gasteiger partial charge in [0.25, 0.3) is 10.0 Å². The summed E-state index contributed by atoms with van der Waals surface area (Å²) in [5, 5.41) is 2.92. The van der Waals surface area contributed by atoms with E-state index in [-0.39, 0.29) is 17.5 Å². The molecule has 0 spiro atoms. The second-order valence-corrected chi connectivity index (χ2v) is 10.6. The molecule has 0 fully saturated rings. The Morgan fingerprint density at radius 1 is 0.971 bits per heavy atom. The molecule has 0 saturated carbocycles. The lowest BCUT2D eigenvalue weighted by molar-refractivity contribution is -0.120. The Balaban J connectivity index is 1.86. The molecule has 0 aliphatic carbocycles. The number of anilines is 1. The monoisotopic (exact) mass is 544 g/mol. The van der Waals surface area contributed by atoms with Crippen molar-refractivity contribution in [3.63, 3.8) is 0 Å². The molecule has 0 aliphatic heterocycles. The molecule has 1 amide bonds. The van der Waals surface area contributed by atoms with E-state index in [9.17, 15) is 13.2 Å². The number of rotatable bonds is 10. The minimum atomic E-state index is -3.99. The van der Waals surface area contributed by atoms with Crippen molar-refractivity contribution in [2.75, 3.05) is 17.5 Å². The quantitative estimate of drug-likeness (QED) is 0.366. The lowest BCUT2D eigenvalue weighted by Crippen LogP contribution is -2.41. The fraction of sp³-hybridized carbons (Fsp3) is 0.269. The van der Waals surface area contributed by atoms with Crippen LogP contribution in [0.1, 0.15) is 37.9 Å². The summed E-state index contributed by atoms with van der Waals surface area (Å²) in [6.07, 6.45) is 0.936. The van der Waals surface area contributed by atoms with Gasteiger partial charge in [0.05, 0.1) is 23.2 Å². The molecule has 0 saturated heterocycles. The first kappa shape index (κ1) is 25.8. The number of hydrogen-bond acceptors (Lipinski definition) is 4. The molecule has 0 aliphatic rings. The van der Waals surface area contributed by atoms with Gasteiger partial charge in [0.15, 0.2) is 0 Å². The molecular weight excluding hydrogens is 516 g/mol. The highest BCUT2D eigenvalue weighted by Gasteiger charge is 2.28. The molecule has 3 aromatic rings. The Morgan fingerprint density at radius 2 is 1.59 bits per heavy atom. The van der Waals surface area contributed by atoms with Gasteiger partial charge in [0.1, 0.15) is 12.3 Å². The normalized spacial score (nSPS) is 12.1. The van der Waals surface area contributed by atoms with E-state index in [1.54, 1.807) is 36.4 Å². The second-order valence-electron chi connectivity index (χ2n) is 7.78. The van der Waals surface area contributed by atoms with Crippen molar-refractivity contribution in [2.45, 2.75) is 38.1 Å². The van der Waals surface area contributed by atoms with Crippen LogP contribution in [0.25, 0.3) is 0 Å². The summed E-state index contributed by atoms with van der Waals surface area (Å²) in [4.78, 5) is 13.1. The number of nitrogens with zero attached hydrogens (tertiary/aromatic N) is 1. The lowest BCUT2D eigenvalue weighted by Gasteiger charge is -2.25. The minimum Gasteiger partial charge on any atom is -0.494 e. The van der Waals surface area contributed by atoms with E-state index in [0.29, 0.717) is 18.0 Å². The molecule has 34 heavy (non-hydrogen) atoms. The van der Waals surface area contributed by atoms with E-state index in [1.165, 1.54) is 17.7 Å². The zero-order chi connectivity index (χ0) is 24.7. The SMILES string of the molecule is CCOc1ccc(N(CC(=O)NC(C)c2ccc(CC)cc2)S(=O)(=O)c2ccc(Br)cc2)cc1. The third-order valence-electron chi connectivity index (χ3n) is 5.39. The summed E-state index contributed by atoms with van der Waals surface area (Å²) in [5.74, 6) is 0.225. The molecule has 0 heterocycles. The van der Waals surface area contributed by atoms with Gasteiger partial charge in [-0.3, -0.25) is 9.10 Å². The highest BCUT2D eigenvalue weighted by atomic mass is 79.9. The maximum absolute atomic E-state index is 13.5. The van der Waals surface area contributed by atoms with Crippen molar-refractivity contribution in [2.24, 2.45) is 0 Å². The van der Waals surface area contributed by atoms with Crippen LogP contribution in [0.4, 0.5) is 5.69 Å². The average molecular weight is 545 g/mol. The fourth-order valence-electron chi connectivity index (χ4n) is 3.47. The molecule has 1 atom stereocenters. The van der Waals surface area contributed by atoms with Gasteiger partial charge in [-0.1, -0.05) is 47.1 Å². The maximum atomic E-state index is 13.5. The summed E-state index contributed by atoms with van der Waals surface area (Å²) < 4.78 is 34.4. The second kappa shape index (κ2) is 11.5. The van der Waals surface area contributed by atoms with E-state index >= 15 is 0 Å². The van der Waals surface area contributed by atoms with Crippen LogP contribution < -0.4 is 14.4 Å². The number of benzene rings is 3. The number of hydrogen-bond donors (Lipinski definition) is 1. The summed E-state index contributed by atoms with van der Waals surface area (Å²) >= 11 is 3.33. The van der Waals surface area contributed by atoms with Crippen molar-refractivity contribution in [3.05, 3.63) is 88.4 Å². The smallest absolute Gasteiger partial charge is 0.264 e. The van der Waals surface area contributed by atoms with Crippen molar-refractivity contribution >= 4 is 37.5 Å². The van der Waals surface area contributed by atoms with Crippen LogP contribution in [-0.4, -0.2) is 27.5 Å². The van der Waals surface area contributed by atoms with Crippen molar-refractivity contribution in [1.82, 2.24) is 5.32 Å². The zero-order valence-electron chi connectivity index (χ0n) is 19.5. The van der Waals surface area contributed by atoms with E-state index < -0.39 is 15.9 Å². The van der Waals surface area contributed by atoms with Gasteiger partial charge in [-0.25, -0.2) is 8.42 Å². The summed E-state index contributed by atoms with van der Waals surface area (Å²) in [6.45, 7) is 5.98. The number of ether oxygens (including phenoxy) is 1. The minimum absolute atomic E-state index is 0.0978. The predicted molar refractivity (Wildman–Crippen MR) is 139 cm³/mol. The van der Waals surface area contributed by atoms with E-state index in [0.717, 1.165) is 20.8 Å². The molecule has 0 bridgehead atoms. The number of carbonyl (C=O) groups is 1. The van der Waals surface area contributed by atoms with Gasteiger partial charge in [0, 0.05) is 4.47 Å². The zero-order valence-corrected chi connectivity index (χ0v) is 21.9. The van der Waals surface area contributed by atoms with Gasteiger partial charge in [0.2, 0.25) is 5.91 Å². The number of halogens is 1. The largest absolute Gasteiger partial charge is 0.494 e. The molecule has 1 unspecified atom stereocenters. The standard InChI is InChI=1S/C26H29BrN2O4S/c1-4-20-6-8-21(9-7-20)19(3)28-26(30)18-29(23-12-14-24(15-13-23)33-5-2)34(31,32)25-16-10-22(27)11-17-25/h6-17,19H,4-5,18H2,1-3H3,(H,28,30). The van der Waals surface area contributed by atoms with Crippen molar-refractivity contribution in [3.8, 4) is 5.75 Å². The van der Waals surface area contributed by atoms with Gasteiger partial charge < -0.3 is 10.1 Å². The van der Waals surface area contributed by atoms with Crippen LogP contribution >= 0.6 is 15.9 Å². The number of nitrogens with one attached hydrogen (secondary N) is 1. The van der Waals surface area contributed by atoms with Crippen LogP contribution in [0, 0.1) is 0 Å². The number of amides is 1. The topological polar surface area (TPSA) is 75.7 Å². The van der Waals surface area contributed by atoms with Crippen LogP contribution in [0.5, 0.6) is 5.75 Å². The Bertz CT molecular complexity index is 1200. The fourth-order valence-corrected chi connectivity index (χ4v) is 5.15. The predicted octanol–water partition coefficient (Wildman–Crippen LogP) is 5.48. The Morgan fingerprint density at radius 3 is 2.15 bits per heavy atom. The Hall–Kier alpha value is -2.84. The van der Waals surface area contributed by atoms with Gasteiger partial charge in [-0.05, 0) is 79.9 Å². The molecule has 1 N–H and O–H groups in total. The summed E-state index contributed by atoms with van der Waals surface area (Å²) in [5.41, 5.74) is 2.54. The van der Waals surface area contributed by atoms with Crippen LogP contribution in [-0.2, 0) is 21.2 Å². The Kier molecular flexibility index (Phi) is 8.74. The molecule has 0 aromatic heterocycles. The number of carbonyl (C=O) groups excluding carboxylic acids is 1. The number of sulfonamides is 1. The van der Waals surface area contributed by atoms with Gasteiger partial charge >= 0.3 is 0 Å². The molecular formula is C26H29BrN2O4S. The summed E-state index contributed by atoms with van der Waals surface area (Å²) in [6, 6.07) is 20.8. The van der Waals surface area contributed by atoms with Crippen molar-refractivity contribution < 1.29 is 17.9 Å². The number of aryl methyl sites for hydroxylation is 1. The van der Waals surface area contributed by atoms with Crippen molar-refractivity contribution in [1.29, 1.82) is 0 Å². The molecule has 8 heteroatoms. The molecule has 6 nitrogen and oxygen atoms in total. The summed E-state index contributed by atoms with van der Waals surface area (Å²) in [7, 11) is -3.99. The first-order valence-corrected chi connectivity index (χ1v) is 13.4. The van der Waals surface area contributed by atoms with E-state index in [4.69, 9.17) is 4.74 Å². The highest BCUT2D eigenvalue weighted by Crippen LogP contribution is 2.27. The van der Waals surface area contributed by atoms with E-state index in [1.807, 2.05) is 38.1 Å². The van der Waals surface area contributed by atoms with E-state index in [2.05, 4.69) is 28.2 Å². The lowest BCUT2D eigenvalue weighted by atomic mass is 10.1. The molecule has 180 valence electrons. The third-order valence-corrected chi connectivity index (χ3v) is 7.71. The van der Waals surface area contributed by atoms with Crippen LogP contribution in [0.2, 0.25) is 0 Å². The molecule has 0 radical (unpaired) electrons. The van der Waals surface area contributed by atoms with Gasteiger partial charge in [-0.2, -0.15) is 0 Å². The molecule has 3 aromatic carbocycles. The average Bonchev–Trinajstić information content (AvgIpc) is 2.83. The Labute approximate surface area is 210 Å². The highest BCUT2D eigenvalue weighted by molar-refractivity contribution is 9.10. The molecule has 3 rings (SSSR count). The third kappa shape index (κ3) is 6.39. The van der Waals surface area contributed by atoms with Crippen LogP contribution in [0.3, 0.4) is 0 Å². The maximum Gasteiger partial charge on any atom is 0.264 e. The van der Waals surface area contributed by atoms with Crippen LogP contribution in [0.15, 0.2) is 82.2 Å². The first-order chi connectivity index (χ1) is 16.2. The van der Waals surface area contributed by atoms with Gasteiger partial charge in [-0.15, -0.1) is 0 Å². The first-order valence-electron chi connectivity index (χ1n) is 11.1.